The van der Waals surface area contributed by atoms with Crippen LogP contribution in [0.1, 0.15) is 20.8 Å². The fourth-order valence-corrected chi connectivity index (χ4v) is 5.19. The number of carbonyl (C=O) groups is 1. The predicted octanol–water partition coefficient (Wildman–Crippen LogP) is 2.59. The predicted molar refractivity (Wildman–Crippen MR) is 106 cm³/mol. The standard InChI is InChI=1S/C18H23N3O3S.ClH/c1-12-13(2)21(11-10-19-12)25(23,24)18-9-8-17(20-14(3)22)15-6-4-5-7-16(15)18;/h4-9,12-13,19H,10-11H2,1-3H3,(H,20,22);1H. The molecule has 1 heterocycles. The highest BCUT2D eigenvalue weighted by atomic mass is 35.5. The lowest BCUT2D eigenvalue weighted by molar-refractivity contribution is -0.114. The molecular formula is C18H24ClN3O3S. The van der Waals surface area contributed by atoms with Crippen molar-refractivity contribution in [1.29, 1.82) is 0 Å². The molecule has 0 aliphatic carbocycles. The number of carbonyl (C=O) groups excluding carboxylic acids is 1. The highest BCUT2D eigenvalue weighted by molar-refractivity contribution is 7.89. The monoisotopic (exact) mass is 397 g/mol. The number of fused-ring (bicyclic) bond motifs is 1. The molecule has 1 aliphatic rings. The molecule has 6 nitrogen and oxygen atoms in total. The Morgan fingerprint density at radius 2 is 1.81 bits per heavy atom. The van der Waals surface area contributed by atoms with Gasteiger partial charge in [0.15, 0.2) is 0 Å². The van der Waals surface area contributed by atoms with E-state index in [1.165, 1.54) is 6.92 Å². The number of benzene rings is 2. The van der Waals surface area contributed by atoms with Gasteiger partial charge in [-0.1, -0.05) is 24.3 Å². The number of piperazine rings is 1. The third-order valence-corrected chi connectivity index (χ3v) is 6.80. The van der Waals surface area contributed by atoms with Crippen LogP contribution in [0.3, 0.4) is 0 Å². The third-order valence-electron chi connectivity index (χ3n) is 4.76. The molecule has 2 unspecified atom stereocenters. The number of hydrogen-bond donors (Lipinski definition) is 2. The highest BCUT2D eigenvalue weighted by Gasteiger charge is 2.35. The van der Waals surface area contributed by atoms with Crippen molar-refractivity contribution in [2.45, 2.75) is 37.8 Å². The maximum atomic E-state index is 13.3. The summed E-state index contributed by atoms with van der Waals surface area (Å²) in [6.45, 7) is 6.41. The Morgan fingerprint density at radius 3 is 2.46 bits per heavy atom. The van der Waals surface area contributed by atoms with Crippen LogP contribution in [0.2, 0.25) is 0 Å². The summed E-state index contributed by atoms with van der Waals surface area (Å²) >= 11 is 0. The summed E-state index contributed by atoms with van der Waals surface area (Å²) in [5, 5.41) is 7.40. The minimum absolute atomic E-state index is 0. The number of hydrogen-bond acceptors (Lipinski definition) is 4. The van der Waals surface area contributed by atoms with Crippen molar-refractivity contribution < 1.29 is 13.2 Å². The summed E-state index contributed by atoms with van der Waals surface area (Å²) in [4.78, 5) is 11.7. The van der Waals surface area contributed by atoms with E-state index in [2.05, 4.69) is 10.6 Å². The minimum atomic E-state index is -3.64. The summed E-state index contributed by atoms with van der Waals surface area (Å²) in [5.41, 5.74) is 0.615. The summed E-state index contributed by atoms with van der Waals surface area (Å²) in [6.07, 6.45) is 0. The van der Waals surface area contributed by atoms with Crippen molar-refractivity contribution in [3.8, 4) is 0 Å². The molecule has 1 aliphatic heterocycles. The molecule has 142 valence electrons. The molecule has 1 saturated heterocycles. The zero-order valence-electron chi connectivity index (χ0n) is 15.0. The SMILES string of the molecule is CC(=O)Nc1ccc(S(=O)(=O)N2CCNC(C)C2C)c2ccccc12.Cl. The van der Waals surface area contributed by atoms with Gasteiger partial charge in [-0.3, -0.25) is 4.79 Å². The Kier molecular flexibility index (Phi) is 6.29. The van der Waals surface area contributed by atoms with Crippen LogP contribution < -0.4 is 10.6 Å². The molecular weight excluding hydrogens is 374 g/mol. The number of rotatable bonds is 3. The minimum Gasteiger partial charge on any atom is -0.326 e. The van der Waals surface area contributed by atoms with Crippen LogP contribution in [0.5, 0.6) is 0 Å². The molecule has 26 heavy (non-hydrogen) atoms. The van der Waals surface area contributed by atoms with Gasteiger partial charge in [0.05, 0.1) is 4.90 Å². The summed E-state index contributed by atoms with van der Waals surface area (Å²) in [6, 6.07) is 10.5. The first-order valence-corrected chi connectivity index (χ1v) is 9.81. The molecule has 2 aromatic carbocycles. The van der Waals surface area contributed by atoms with Crippen molar-refractivity contribution in [3.63, 3.8) is 0 Å². The molecule has 0 aromatic heterocycles. The van der Waals surface area contributed by atoms with Crippen LogP contribution in [0.15, 0.2) is 41.3 Å². The number of nitrogens with one attached hydrogen (secondary N) is 2. The second-order valence-electron chi connectivity index (χ2n) is 6.44. The number of halogens is 1. The average molecular weight is 398 g/mol. The topological polar surface area (TPSA) is 78.5 Å². The molecule has 1 fully saturated rings. The molecule has 0 radical (unpaired) electrons. The van der Waals surface area contributed by atoms with Gasteiger partial charge < -0.3 is 10.6 Å². The van der Waals surface area contributed by atoms with E-state index >= 15 is 0 Å². The Morgan fingerprint density at radius 1 is 1.15 bits per heavy atom. The summed E-state index contributed by atoms with van der Waals surface area (Å²) in [5.74, 6) is -0.190. The lowest BCUT2D eigenvalue weighted by Gasteiger charge is -2.37. The molecule has 0 bridgehead atoms. The lowest BCUT2D eigenvalue weighted by Crippen LogP contribution is -2.57. The molecule has 2 N–H and O–H groups in total. The Bertz CT molecular complexity index is 917. The van der Waals surface area contributed by atoms with Crippen molar-refractivity contribution in [2.75, 3.05) is 18.4 Å². The molecule has 0 spiro atoms. The largest absolute Gasteiger partial charge is 0.326 e. The summed E-state index contributed by atoms with van der Waals surface area (Å²) < 4.78 is 28.2. The Labute approximate surface area is 160 Å². The maximum absolute atomic E-state index is 13.3. The van der Waals surface area contributed by atoms with E-state index in [1.54, 1.807) is 22.5 Å². The fraction of sp³-hybridized carbons (Fsp3) is 0.389. The van der Waals surface area contributed by atoms with Crippen LogP contribution in [0.25, 0.3) is 10.8 Å². The number of amides is 1. The van der Waals surface area contributed by atoms with E-state index in [1.807, 2.05) is 32.0 Å². The smallest absolute Gasteiger partial charge is 0.244 e. The number of anilines is 1. The van der Waals surface area contributed by atoms with Gasteiger partial charge in [0, 0.05) is 48.6 Å². The Balaban J connectivity index is 0.00000243. The van der Waals surface area contributed by atoms with Gasteiger partial charge in [0.25, 0.3) is 0 Å². The molecule has 1 amide bonds. The highest BCUT2D eigenvalue weighted by Crippen LogP contribution is 2.32. The molecule has 2 aromatic rings. The van der Waals surface area contributed by atoms with Crippen LogP contribution in [-0.2, 0) is 14.8 Å². The van der Waals surface area contributed by atoms with Gasteiger partial charge in [0.2, 0.25) is 15.9 Å². The number of nitrogens with zero attached hydrogens (tertiary/aromatic N) is 1. The molecule has 2 atom stereocenters. The van der Waals surface area contributed by atoms with E-state index in [0.29, 0.717) is 24.2 Å². The van der Waals surface area contributed by atoms with E-state index in [4.69, 9.17) is 0 Å². The van der Waals surface area contributed by atoms with Crippen LogP contribution in [-0.4, -0.2) is 43.8 Å². The van der Waals surface area contributed by atoms with Gasteiger partial charge in [-0.05, 0) is 26.0 Å². The molecule has 3 rings (SSSR count). The van der Waals surface area contributed by atoms with Crippen LogP contribution in [0, 0.1) is 0 Å². The maximum Gasteiger partial charge on any atom is 0.244 e. The van der Waals surface area contributed by atoms with Gasteiger partial charge in [-0.15, -0.1) is 12.4 Å². The van der Waals surface area contributed by atoms with Gasteiger partial charge in [-0.25, -0.2) is 8.42 Å². The van der Waals surface area contributed by atoms with Crippen molar-refractivity contribution >= 4 is 44.8 Å². The van der Waals surface area contributed by atoms with Crippen molar-refractivity contribution in [2.24, 2.45) is 0 Å². The number of sulfonamides is 1. The molecule has 8 heteroatoms. The normalized spacial score (nSPS) is 21.2. The van der Waals surface area contributed by atoms with E-state index in [-0.39, 0.29) is 35.3 Å². The van der Waals surface area contributed by atoms with Crippen LogP contribution >= 0.6 is 12.4 Å². The average Bonchev–Trinajstić information content (AvgIpc) is 2.57. The lowest BCUT2D eigenvalue weighted by atomic mass is 10.1. The fourth-order valence-electron chi connectivity index (χ4n) is 3.29. The van der Waals surface area contributed by atoms with E-state index in [0.717, 1.165) is 5.39 Å². The zero-order valence-corrected chi connectivity index (χ0v) is 16.7. The first-order chi connectivity index (χ1) is 11.8. The first kappa shape index (κ1) is 20.6. The summed E-state index contributed by atoms with van der Waals surface area (Å²) in [7, 11) is -3.64. The van der Waals surface area contributed by atoms with Crippen molar-refractivity contribution in [3.05, 3.63) is 36.4 Å². The second kappa shape index (κ2) is 7.92. The van der Waals surface area contributed by atoms with Crippen molar-refractivity contribution in [1.82, 2.24) is 9.62 Å². The molecule has 0 saturated carbocycles. The zero-order chi connectivity index (χ0) is 18.2. The second-order valence-corrected chi connectivity index (χ2v) is 8.30. The quantitative estimate of drug-likeness (QED) is 0.834. The third kappa shape index (κ3) is 3.71. The van der Waals surface area contributed by atoms with Gasteiger partial charge in [-0.2, -0.15) is 4.31 Å². The van der Waals surface area contributed by atoms with Gasteiger partial charge in [0.1, 0.15) is 0 Å². The van der Waals surface area contributed by atoms with E-state index < -0.39 is 10.0 Å². The van der Waals surface area contributed by atoms with Crippen LogP contribution in [0.4, 0.5) is 5.69 Å². The van der Waals surface area contributed by atoms with Gasteiger partial charge >= 0.3 is 0 Å². The van der Waals surface area contributed by atoms with E-state index in [9.17, 15) is 13.2 Å². The Hall–Kier alpha value is -1.67. The first-order valence-electron chi connectivity index (χ1n) is 8.37.